The highest BCUT2D eigenvalue weighted by Crippen LogP contribution is 2.44. The zero-order valence-electron chi connectivity index (χ0n) is 12.2. The average molecular weight is 350 g/mol. The van der Waals surface area contributed by atoms with Crippen molar-refractivity contribution in [3.63, 3.8) is 0 Å². The third-order valence-electron chi connectivity index (χ3n) is 4.40. The second-order valence-electron chi connectivity index (χ2n) is 5.81. The maximum absolute atomic E-state index is 3.55. The molecule has 106 valence electrons. The van der Waals surface area contributed by atoms with Crippen molar-refractivity contribution in [2.75, 3.05) is 13.6 Å². The van der Waals surface area contributed by atoms with Gasteiger partial charge in [0.2, 0.25) is 0 Å². The van der Waals surface area contributed by atoms with Crippen LogP contribution in [0.3, 0.4) is 0 Å². The molecular formula is C17H20BrNS. The van der Waals surface area contributed by atoms with Gasteiger partial charge in [-0.3, -0.25) is 0 Å². The number of hydrogen-bond acceptors (Lipinski definition) is 2. The molecule has 0 saturated heterocycles. The van der Waals surface area contributed by atoms with Crippen LogP contribution in [-0.2, 0) is 12.0 Å². The minimum absolute atomic E-state index is 0.147. The molecule has 0 saturated carbocycles. The van der Waals surface area contributed by atoms with Crippen molar-refractivity contribution >= 4 is 27.3 Å². The minimum atomic E-state index is 0.147. The molecule has 3 rings (SSSR count). The summed E-state index contributed by atoms with van der Waals surface area (Å²) in [4.78, 5) is 5.44. The predicted octanol–water partition coefficient (Wildman–Crippen LogP) is 4.96. The Bertz CT molecular complexity index is 616. The molecule has 2 heterocycles. The molecule has 1 aliphatic rings. The fraction of sp³-hybridized carbons (Fsp3) is 0.412. The lowest BCUT2D eigenvalue weighted by molar-refractivity contribution is 0.236. The zero-order valence-corrected chi connectivity index (χ0v) is 14.6. The van der Waals surface area contributed by atoms with Crippen LogP contribution in [0.4, 0.5) is 0 Å². The Hall–Kier alpha value is -0.640. The summed E-state index contributed by atoms with van der Waals surface area (Å²) in [5.41, 5.74) is 3.14. The van der Waals surface area contributed by atoms with E-state index in [-0.39, 0.29) is 5.41 Å². The standard InChI is InChI=1S/C17H20BrNS/c1-4-17(13-5-7-14(18)8-6-13)11-19(3)10-16-15(17)9-12(2)20-16/h5-9H,4,10-11H2,1-3H3. The summed E-state index contributed by atoms with van der Waals surface area (Å²) in [7, 11) is 2.24. The van der Waals surface area contributed by atoms with Crippen molar-refractivity contribution in [3.8, 4) is 0 Å². The third-order valence-corrected chi connectivity index (χ3v) is 5.97. The number of halogens is 1. The number of benzene rings is 1. The first-order chi connectivity index (χ1) is 9.55. The summed E-state index contributed by atoms with van der Waals surface area (Å²) in [6, 6.07) is 11.3. The van der Waals surface area contributed by atoms with Gasteiger partial charge in [-0.25, -0.2) is 0 Å². The van der Waals surface area contributed by atoms with Crippen molar-refractivity contribution in [1.29, 1.82) is 0 Å². The van der Waals surface area contributed by atoms with E-state index >= 15 is 0 Å². The molecule has 0 radical (unpaired) electrons. The number of nitrogens with zero attached hydrogens (tertiary/aromatic N) is 1. The summed E-state index contributed by atoms with van der Waals surface area (Å²) < 4.78 is 1.15. The average Bonchev–Trinajstić information content (AvgIpc) is 2.79. The van der Waals surface area contributed by atoms with Gasteiger partial charge in [0.15, 0.2) is 0 Å². The summed E-state index contributed by atoms with van der Waals surface area (Å²) in [5, 5.41) is 0. The SMILES string of the molecule is CCC1(c2ccc(Br)cc2)CN(C)Cc2sc(C)cc21. The van der Waals surface area contributed by atoms with Gasteiger partial charge in [0.1, 0.15) is 0 Å². The van der Waals surface area contributed by atoms with Crippen LogP contribution in [0.15, 0.2) is 34.8 Å². The topological polar surface area (TPSA) is 3.24 Å². The van der Waals surface area contributed by atoms with E-state index in [9.17, 15) is 0 Å². The Morgan fingerprint density at radius 2 is 2.00 bits per heavy atom. The van der Waals surface area contributed by atoms with Crippen LogP contribution in [0.2, 0.25) is 0 Å². The van der Waals surface area contributed by atoms with Gasteiger partial charge in [0.05, 0.1) is 0 Å². The van der Waals surface area contributed by atoms with Crippen molar-refractivity contribution in [2.45, 2.75) is 32.2 Å². The lowest BCUT2D eigenvalue weighted by atomic mass is 9.70. The molecule has 1 atom stereocenters. The summed E-state index contributed by atoms with van der Waals surface area (Å²) in [6.07, 6.45) is 1.14. The predicted molar refractivity (Wildman–Crippen MR) is 90.6 cm³/mol. The highest BCUT2D eigenvalue weighted by molar-refractivity contribution is 9.10. The molecular weight excluding hydrogens is 330 g/mol. The highest BCUT2D eigenvalue weighted by Gasteiger charge is 2.39. The number of fused-ring (bicyclic) bond motifs is 1. The number of thiophene rings is 1. The normalized spacial score (nSPS) is 22.8. The Morgan fingerprint density at radius 3 is 2.65 bits per heavy atom. The van der Waals surface area contributed by atoms with Crippen LogP contribution >= 0.6 is 27.3 Å². The molecule has 0 fully saturated rings. The summed E-state index contributed by atoms with van der Waals surface area (Å²) in [6.45, 7) is 6.74. The second kappa shape index (κ2) is 5.28. The monoisotopic (exact) mass is 349 g/mol. The maximum Gasteiger partial charge on any atom is 0.0338 e. The van der Waals surface area contributed by atoms with Gasteiger partial charge in [-0.05, 0) is 49.7 Å². The number of likely N-dealkylation sites (N-methyl/N-ethyl adjacent to an activating group) is 1. The minimum Gasteiger partial charge on any atom is -0.300 e. The third kappa shape index (κ3) is 2.26. The van der Waals surface area contributed by atoms with Crippen LogP contribution in [0.5, 0.6) is 0 Å². The van der Waals surface area contributed by atoms with Crippen LogP contribution < -0.4 is 0 Å². The van der Waals surface area contributed by atoms with Crippen LogP contribution in [0.1, 0.15) is 34.2 Å². The quantitative estimate of drug-likeness (QED) is 0.740. The van der Waals surface area contributed by atoms with E-state index < -0.39 is 0 Å². The maximum atomic E-state index is 3.55. The van der Waals surface area contributed by atoms with Gasteiger partial charge in [0, 0.05) is 32.7 Å². The van der Waals surface area contributed by atoms with Crippen molar-refractivity contribution < 1.29 is 0 Å². The lowest BCUT2D eigenvalue weighted by Crippen LogP contribution is -2.43. The van der Waals surface area contributed by atoms with Gasteiger partial charge in [-0.15, -0.1) is 11.3 Å². The summed E-state index contributed by atoms with van der Waals surface area (Å²) >= 11 is 5.51. The van der Waals surface area contributed by atoms with Crippen molar-refractivity contribution in [3.05, 3.63) is 55.7 Å². The molecule has 0 aliphatic carbocycles. The molecule has 1 unspecified atom stereocenters. The van der Waals surface area contributed by atoms with E-state index in [2.05, 4.69) is 72.1 Å². The zero-order chi connectivity index (χ0) is 14.3. The first-order valence-electron chi connectivity index (χ1n) is 7.09. The van der Waals surface area contributed by atoms with E-state index in [1.807, 2.05) is 11.3 Å². The Morgan fingerprint density at radius 1 is 1.30 bits per heavy atom. The number of aryl methyl sites for hydroxylation is 1. The van der Waals surface area contributed by atoms with Gasteiger partial charge in [-0.2, -0.15) is 0 Å². The molecule has 0 amide bonds. The first-order valence-corrected chi connectivity index (χ1v) is 8.70. The van der Waals surface area contributed by atoms with Gasteiger partial charge in [-0.1, -0.05) is 35.0 Å². The van der Waals surface area contributed by atoms with Crippen molar-refractivity contribution in [2.24, 2.45) is 0 Å². The van der Waals surface area contributed by atoms with E-state index in [0.717, 1.165) is 24.0 Å². The second-order valence-corrected chi connectivity index (χ2v) is 8.07. The molecule has 0 N–H and O–H groups in total. The molecule has 0 spiro atoms. The molecule has 3 heteroatoms. The fourth-order valence-corrected chi connectivity index (χ4v) is 4.93. The molecule has 20 heavy (non-hydrogen) atoms. The first kappa shape index (κ1) is 14.3. The fourth-order valence-electron chi connectivity index (χ4n) is 3.45. The van der Waals surface area contributed by atoms with Crippen LogP contribution in [0.25, 0.3) is 0 Å². The molecule has 1 aliphatic heterocycles. The molecule has 2 aromatic rings. The van der Waals surface area contributed by atoms with Crippen LogP contribution in [0, 0.1) is 6.92 Å². The van der Waals surface area contributed by atoms with E-state index in [4.69, 9.17) is 0 Å². The van der Waals surface area contributed by atoms with Gasteiger partial charge < -0.3 is 4.90 Å². The molecule has 1 nitrogen and oxygen atoms in total. The van der Waals surface area contributed by atoms with Crippen molar-refractivity contribution in [1.82, 2.24) is 4.90 Å². The van der Waals surface area contributed by atoms with Gasteiger partial charge >= 0.3 is 0 Å². The molecule has 0 bridgehead atoms. The molecule has 1 aromatic heterocycles. The Kier molecular flexibility index (Phi) is 3.78. The largest absolute Gasteiger partial charge is 0.300 e. The van der Waals surface area contributed by atoms with E-state index in [0.29, 0.717) is 0 Å². The number of rotatable bonds is 2. The number of hydrogen-bond donors (Lipinski definition) is 0. The smallest absolute Gasteiger partial charge is 0.0338 e. The van der Waals surface area contributed by atoms with Crippen LogP contribution in [-0.4, -0.2) is 18.5 Å². The van der Waals surface area contributed by atoms with E-state index in [1.165, 1.54) is 10.4 Å². The highest BCUT2D eigenvalue weighted by atomic mass is 79.9. The van der Waals surface area contributed by atoms with E-state index in [1.54, 1.807) is 10.4 Å². The van der Waals surface area contributed by atoms with Gasteiger partial charge in [0.25, 0.3) is 0 Å². The summed E-state index contributed by atoms with van der Waals surface area (Å²) in [5.74, 6) is 0. The lowest BCUT2D eigenvalue weighted by Gasteiger charge is -2.41. The Balaban J connectivity index is 2.19. The Labute approximate surface area is 133 Å². The molecule has 1 aromatic carbocycles.